The predicted octanol–water partition coefficient (Wildman–Crippen LogP) is 4.59. The van der Waals surface area contributed by atoms with E-state index in [0.29, 0.717) is 17.2 Å². The highest BCUT2D eigenvalue weighted by molar-refractivity contribution is 7.98. The molecule has 2 aromatic heterocycles. The van der Waals surface area contributed by atoms with E-state index in [-0.39, 0.29) is 5.91 Å². The van der Waals surface area contributed by atoms with Crippen LogP contribution < -0.4 is 15.4 Å². The largest absolute Gasteiger partial charge is 0.457 e. The second-order valence-corrected chi connectivity index (χ2v) is 7.38. The van der Waals surface area contributed by atoms with Crippen LogP contribution in [0.2, 0.25) is 0 Å². The molecular weight excluding hydrogens is 398 g/mol. The maximum absolute atomic E-state index is 11.8. The molecule has 2 heterocycles. The van der Waals surface area contributed by atoms with Crippen molar-refractivity contribution >= 4 is 40.3 Å². The summed E-state index contributed by atoms with van der Waals surface area (Å²) in [7, 11) is 3.54. The monoisotopic (exact) mass is 419 g/mol. The molecule has 2 N–H and O–H groups in total. The van der Waals surface area contributed by atoms with E-state index in [4.69, 9.17) is 9.72 Å². The lowest BCUT2D eigenvalue weighted by atomic mass is 10.3. The molecule has 0 aliphatic rings. The summed E-state index contributed by atoms with van der Waals surface area (Å²) >= 11 is 1.68. The maximum Gasteiger partial charge on any atom is 0.269 e. The quantitative estimate of drug-likeness (QED) is 0.445. The van der Waals surface area contributed by atoms with Gasteiger partial charge in [-0.25, -0.2) is 4.98 Å². The van der Waals surface area contributed by atoms with Gasteiger partial charge in [-0.05, 0) is 36.6 Å². The minimum Gasteiger partial charge on any atom is -0.457 e. The van der Waals surface area contributed by atoms with Crippen molar-refractivity contribution in [2.45, 2.75) is 4.90 Å². The second-order valence-electron chi connectivity index (χ2n) is 6.53. The molecule has 152 valence electrons. The lowest BCUT2D eigenvalue weighted by Gasteiger charge is -2.09. The van der Waals surface area contributed by atoms with Crippen LogP contribution in [0.15, 0.2) is 65.7 Å². The first kappa shape index (κ1) is 19.8. The molecule has 1 amide bonds. The zero-order valence-corrected chi connectivity index (χ0v) is 17.7. The first-order valence-electron chi connectivity index (χ1n) is 9.31. The van der Waals surface area contributed by atoms with Crippen molar-refractivity contribution in [1.29, 1.82) is 0 Å². The number of para-hydroxylation sites is 1. The van der Waals surface area contributed by atoms with Crippen LogP contribution in [0, 0.1) is 0 Å². The fourth-order valence-electron chi connectivity index (χ4n) is 3.09. The summed E-state index contributed by atoms with van der Waals surface area (Å²) in [6, 6.07) is 17.2. The summed E-state index contributed by atoms with van der Waals surface area (Å²) in [6.07, 6.45) is 3.60. The van der Waals surface area contributed by atoms with E-state index in [9.17, 15) is 4.79 Å². The van der Waals surface area contributed by atoms with Gasteiger partial charge in [-0.15, -0.1) is 11.8 Å². The van der Waals surface area contributed by atoms with Crippen LogP contribution in [0.3, 0.4) is 0 Å². The summed E-state index contributed by atoms with van der Waals surface area (Å²) < 4.78 is 7.94. The number of benzene rings is 2. The Bertz CT molecular complexity index is 1220. The Morgan fingerprint density at radius 2 is 1.90 bits per heavy atom. The third kappa shape index (κ3) is 3.95. The molecule has 8 heteroatoms. The zero-order chi connectivity index (χ0) is 21.1. The Morgan fingerprint density at radius 1 is 1.10 bits per heavy atom. The van der Waals surface area contributed by atoms with Gasteiger partial charge in [0, 0.05) is 37.3 Å². The number of nitrogens with one attached hydrogen (secondary N) is 2. The number of aryl methyl sites for hydroxylation is 1. The Morgan fingerprint density at radius 3 is 2.70 bits per heavy atom. The van der Waals surface area contributed by atoms with Gasteiger partial charge in [-0.1, -0.05) is 12.1 Å². The molecule has 0 saturated heterocycles. The molecule has 0 radical (unpaired) electrons. The van der Waals surface area contributed by atoms with Crippen LogP contribution in [0.5, 0.6) is 11.5 Å². The van der Waals surface area contributed by atoms with Crippen LogP contribution in [0.4, 0.5) is 11.6 Å². The van der Waals surface area contributed by atoms with Crippen LogP contribution in [-0.4, -0.2) is 33.7 Å². The second kappa shape index (κ2) is 8.46. The minimum atomic E-state index is -0.262. The van der Waals surface area contributed by atoms with Gasteiger partial charge in [0.15, 0.2) is 0 Å². The molecule has 4 rings (SSSR count). The number of pyridine rings is 1. The number of nitrogens with zero attached hydrogens (tertiary/aromatic N) is 3. The first-order chi connectivity index (χ1) is 14.6. The van der Waals surface area contributed by atoms with E-state index < -0.39 is 0 Å². The van der Waals surface area contributed by atoms with Crippen molar-refractivity contribution < 1.29 is 9.53 Å². The molecule has 0 atom stereocenters. The van der Waals surface area contributed by atoms with Crippen LogP contribution in [0.25, 0.3) is 11.0 Å². The predicted molar refractivity (Wildman–Crippen MR) is 120 cm³/mol. The van der Waals surface area contributed by atoms with Crippen molar-refractivity contribution in [3.8, 4) is 11.5 Å². The van der Waals surface area contributed by atoms with Crippen molar-refractivity contribution in [2.24, 2.45) is 7.05 Å². The molecule has 30 heavy (non-hydrogen) atoms. The van der Waals surface area contributed by atoms with Gasteiger partial charge in [-0.2, -0.15) is 0 Å². The summed E-state index contributed by atoms with van der Waals surface area (Å²) in [6.45, 7) is 0. The Kier molecular flexibility index (Phi) is 5.58. The SMILES string of the molecule is CNC(=O)c1cc(Oc2ccc3c(c2)nc(Nc2ccccc2SC)n3C)ccn1. The molecule has 0 spiro atoms. The standard InChI is InChI=1S/C22H21N5O2S/c1-23-21(28)18-13-15(10-11-24-18)29-14-8-9-19-17(12-14)26-22(27(19)2)25-16-6-4-5-7-20(16)30-3/h4-13H,1-3H3,(H,23,28)(H,25,26). The smallest absolute Gasteiger partial charge is 0.269 e. The highest BCUT2D eigenvalue weighted by Gasteiger charge is 2.12. The Hall–Kier alpha value is -3.52. The number of fused-ring (bicyclic) bond motifs is 1. The average Bonchev–Trinajstić information content (AvgIpc) is 3.08. The summed E-state index contributed by atoms with van der Waals surface area (Å²) in [5, 5.41) is 5.97. The lowest BCUT2D eigenvalue weighted by Crippen LogP contribution is -2.18. The molecule has 4 aromatic rings. The van der Waals surface area contributed by atoms with Gasteiger partial charge >= 0.3 is 0 Å². The summed E-state index contributed by atoms with van der Waals surface area (Å²) in [4.78, 5) is 21.7. The van der Waals surface area contributed by atoms with E-state index in [1.807, 2.05) is 54.3 Å². The number of rotatable bonds is 6. The highest BCUT2D eigenvalue weighted by Crippen LogP contribution is 2.31. The van der Waals surface area contributed by atoms with E-state index >= 15 is 0 Å². The molecular formula is C22H21N5O2S. The third-order valence-corrected chi connectivity index (χ3v) is 5.43. The van der Waals surface area contributed by atoms with Gasteiger partial charge in [0.1, 0.15) is 17.2 Å². The Labute approximate surface area is 178 Å². The van der Waals surface area contributed by atoms with Crippen LogP contribution >= 0.6 is 11.8 Å². The van der Waals surface area contributed by atoms with Gasteiger partial charge in [0.2, 0.25) is 5.95 Å². The summed E-state index contributed by atoms with van der Waals surface area (Å²) in [5.41, 5.74) is 3.10. The number of carbonyl (C=O) groups excluding carboxylic acids is 1. The van der Waals surface area contributed by atoms with Gasteiger partial charge in [0.05, 0.1) is 16.7 Å². The molecule has 7 nitrogen and oxygen atoms in total. The van der Waals surface area contributed by atoms with Crippen LogP contribution in [-0.2, 0) is 7.05 Å². The Balaban J connectivity index is 1.61. The van der Waals surface area contributed by atoms with Gasteiger partial charge in [-0.3, -0.25) is 9.78 Å². The van der Waals surface area contributed by atoms with E-state index in [1.165, 1.54) is 0 Å². The number of imidazole rings is 1. The molecule has 0 aliphatic heterocycles. The normalized spacial score (nSPS) is 10.8. The third-order valence-electron chi connectivity index (χ3n) is 4.63. The zero-order valence-electron chi connectivity index (χ0n) is 16.8. The van der Waals surface area contributed by atoms with E-state index in [2.05, 4.69) is 21.7 Å². The number of anilines is 2. The number of hydrogen-bond acceptors (Lipinski definition) is 6. The molecule has 2 aromatic carbocycles. The van der Waals surface area contributed by atoms with Crippen LogP contribution in [0.1, 0.15) is 10.5 Å². The van der Waals surface area contributed by atoms with Crippen molar-refractivity contribution in [2.75, 3.05) is 18.6 Å². The molecule has 0 fully saturated rings. The molecule has 0 unspecified atom stereocenters. The lowest BCUT2D eigenvalue weighted by molar-refractivity contribution is 0.0958. The maximum atomic E-state index is 11.8. The fraction of sp³-hybridized carbons (Fsp3) is 0.136. The molecule has 0 aliphatic carbocycles. The van der Waals surface area contributed by atoms with Crippen molar-refractivity contribution in [3.63, 3.8) is 0 Å². The van der Waals surface area contributed by atoms with Gasteiger partial charge < -0.3 is 19.9 Å². The highest BCUT2D eigenvalue weighted by atomic mass is 32.2. The van der Waals surface area contributed by atoms with E-state index in [1.54, 1.807) is 37.1 Å². The number of thioether (sulfide) groups is 1. The number of ether oxygens (including phenoxy) is 1. The van der Waals surface area contributed by atoms with Crippen molar-refractivity contribution in [3.05, 3.63) is 66.5 Å². The summed E-state index contributed by atoms with van der Waals surface area (Å²) in [5.74, 6) is 1.65. The fourth-order valence-corrected chi connectivity index (χ4v) is 3.64. The van der Waals surface area contributed by atoms with E-state index in [0.717, 1.165) is 27.6 Å². The van der Waals surface area contributed by atoms with Crippen molar-refractivity contribution in [1.82, 2.24) is 19.9 Å². The number of amides is 1. The first-order valence-corrected chi connectivity index (χ1v) is 10.5. The number of aromatic nitrogens is 3. The number of hydrogen-bond donors (Lipinski definition) is 2. The number of carbonyl (C=O) groups is 1. The topological polar surface area (TPSA) is 81.1 Å². The molecule has 0 saturated carbocycles. The molecule has 0 bridgehead atoms. The average molecular weight is 420 g/mol. The van der Waals surface area contributed by atoms with Gasteiger partial charge in [0.25, 0.3) is 5.91 Å². The minimum absolute atomic E-state index is 0.262.